The molecule has 0 aliphatic heterocycles. The Hall–Kier alpha value is -2.30. The van der Waals surface area contributed by atoms with E-state index in [1.165, 1.54) is 11.1 Å². The van der Waals surface area contributed by atoms with Crippen molar-refractivity contribution in [2.45, 2.75) is 33.4 Å². The molecule has 112 valence electrons. The zero-order valence-electron chi connectivity index (χ0n) is 12.8. The highest BCUT2D eigenvalue weighted by Crippen LogP contribution is 2.16. The van der Waals surface area contributed by atoms with Crippen LogP contribution < -0.4 is 10.6 Å². The first-order chi connectivity index (χ1) is 10.2. The third-order valence-electron chi connectivity index (χ3n) is 3.24. The molecule has 1 heterocycles. The molecule has 0 saturated carbocycles. The number of nitrogens with zero attached hydrogens (tertiary/aromatic N) is 2. The van der Waals surface area contributed by atoms with Gasteiger partial charge in [-0.1, -0.05) is 29.4 Å². The molecule has 0 amide bonds. The van der Waals surface area contributed by atoms with Crippen molar-refractivity contribution >= 4 is 5.96 Å². The van der Waals surface area contributed by atoms with Gasteiger partial charge in [0.05, 0.1) is 12.6 Å². The number of aliphatic imine (C=N–C) groups is 1. The van der Waals surface area contributed by atoms with Crippen LogP contribution >= 0.6 is 0 Å². The Morgan fingerprint density at radius 1 is 1.33 bits per heavy atom. The van der Waals surface area contributed by atoms with Crippen LogP contribution in [0.15, 0.2) is 46.1 Å². The molecule has 5 heteroatoms. The second kappa shape index (κ2) is 7.47. The van der Waals surface area contributed by atoms with E-state index in [2.05, 4.69) is 58.9 Å². The molecule has 0 aliphatic carbocycles. The Bertz CT molecular complexity index is 578. The van der Waals surface area contributed by atoms with E-state index < -0.39 is 0 Å². The van der Waals surface area contributed by atoms with Crippen LogP contribution in [0.2, 0.25) is 0 Å². The summed E-state index contributed by atoms with van der Waals surface area (Å²) in [6, 6.07) is 10.4. The van der Waals surface area contributed by atoms with Crippen LogP contribution in [0.3, 0.4) is 0 Å². The Kier molecular flexibility index (Phi) is 5.37. The Balaban J connectivity index is 2.05. The number of benzene rings is 1. The van der Waals surface area contributed by atoms with Crippen LogP contribution in [-0.2, 0) is 6.54 Å². The van der Waals surface area contributed by atoms with Gasteiger partial charge in [-0.25, -0.2) is 4.99 Å². The molecule has 0 fully saturated rings. The molecular formula is C16H22N4O. The lowest BCUT2D eigenvalue weighted by atomic mass is 10.0. The first-order valence-electron chi connectivity index (χ1n) is 7.20. The van der Waals surface area contributed by atoms with E-state index >= 15 is 0 Å². The van der Waals surface area contributed by atoms with Crippen molar-refractivity contribution in [2.24, 2.45) is 4.99 Å². The average molecular weight is 286 g/mol. The van der Waals surface area contributed by atoms with Crippen LogP contribution in [0.5, 0.6) is 0 Å². The molecule has 1 aromatic heterocycles. The van der Waals surface area contributed by atoms with Gasteiger partial charge in [0.2, 0.25) is 0 Å². The monoisotopic (exact) mass is 286 g/mol. The van der Waals surface area contributed by atoms with Crippen molar-refractivity contribution in [3.63, 3.8) is 0 Å². The SMILES string of the molecule is CCNC(=NCc1ccon1)NC(C)c1ccccc1C. The standard InChI is InChI=1S/C16H22N4O/c1-4-17-16(18-11-14-9-10-21-20-14)19-13(3)15-8-6-5-7-12(15)2/h5-10,13H,4,11H2,1-3H3,(H2,17,18,19). The number of aryl methyl sites for hydroxylation is 1. The molecule has 5 nitrogen and oxygen atoms in total. The highest BCUT2D eigenvalue weighted by molar-refractivity contribution is 5.80. The molecule has 2 aromatic rings. The van der Waals surface area contributed by atoms with Crippen molar-refractivity contribution in [3.8, 4) is 0 Å². The lowest BCUT2D eigenvalue weighted by Crippen LogP contribution is -2.38. The van der Waals surface area contributed by atoms with Gasteiger partial charge >= 0.3 is 0 Å². The minimum Gasteiger partial charge on any atom is -0.364 e. The molecule has 21 heavy (non-hydrogen) atoms. The molecule has 0 radical (unpaired) electrons. The van der Waals surface area contributed by atoms with Crippen molar-refractivity contribution in [2.75, 3.05) is 6.54 Å². The zero-order valence-corrected chi connectivity index (χ0v) is 12.8. The summed E-state index contributed by atoms with van der Waals surface area (Å²) in [4.78, 5) is 4.52. The van der Waals surface area contributed by atoms with Crippen LogP contribution in [0.4, 0.5) is 0 Å². The Morgan fingerprint density at radius 3 is 2.81 bits per heavy atom. The molecule has 1 atom stereocenters. The fourth-order valence-electron chi connectivity index (χ4n) is 2.15. The predicted molar refractivity (Wildman–Crippen MR) is 84.0 cm³/mol. The molecule has 0 bridgehead atoms. The average Bonchev–Trinajstić information content (AvgIpc) is 2.98. The van der Waals surface area contributed by atoms with Gasteiger partial charge in [-0.15, -0.1) is 0 Å². The highest BCUT2D eigenvalue weighted by atomic mass is 16.5. The first kappa shape index (κ1) is 15.1. The molecule has 2 N–H and O–H groups in total. The van der Waals surface area contributed by atoms with Gasteiger partial charge in [-0.2, -0.15) is 0 Å². The highest BCUT2D eigenvalue weighted by Gasteiger charge is 2.09. The number of hydrogen-bond acceptors (Lipinski definition) is 3. The topological polar surface area (TPSA) is 62.5 Å². The number of aromatic nitrogens is 1. The third-order valence-corrected chi connectivity index (χ3v) is 3.24. The molecular weight excluding hydrogens is 264 g/mol. The first-order valence-corrected chi connectivity index (χ1v) is 7.20. The lowest BCUT2D eigenvalue weighted by molar-refractivity contribution is 0.412. The van der Waals surface area contributed by atoms with Crippen LogP contribution in [0.25, 0.3) is 0 Å². The summed E-state index contributed by atoms with van der Waals surface area (Å²) in [5, 5.41) is 10.5. The molecule has 0 spiro atoms. The summed E-state index contributed by atoms with van der Waals surface area (Å²) >= 11 is 0. The lowest BCUT2D eigenvalue weighted by Gasteiger charge is -2.19. The van der Waals surface area contributed by atoms with Crippen LogP contribution in [0, 0.1) is 6.92 Å². The van der Waals surface area contributed by atoms with E-state index in [9.17, 15) is 0 Å². The van der Waals surface area contributed by atoms with E-state index in [4.69, 9.17) is 4.52 Å². The van der Waals surface area contributed by atoms with Gasteiger partial charge < -0.3 is 15.2 Å². The van der Waals surface area contributed by atoms with Gasteiger partial charge in [0.1, 0.15) is 12.0 Å². The number of rotatable bonds is 5. The molecule has 1 unspecified atom stereocenters. The second-order valence-corrected chi connectivity index (χ2v) is 4.91. The Morgan fingerprint density at radius 2 is 2.14 bits per heavy atom. The van der Waals surface area contributed by atoms with E-state index in [1.807, 2.05) is 13.0 Å². The van der Waals surface area contributed by atoms with Gasteiger partial charge in [-0.3, -0.25) is 0 Å². The predicted octanol–water partition coefficient (Wildman–Crippen LogP) is 2.80. The van der Waals surface area contributed by atoms with Crippen molar-refractivity contribution in [1.29, 1.82) is 0 Å². The van der Waals surface area contributed by atoms with Gasteiger partial charge in [-0.05, 0) is 31.9 Å². The smallest absolute Gasteiger partial charge is 0.192 e. The minimum absolute atomic E-state index is 0.182. The molecule has 0 aliphatic rings. The van der Waals surface area contributed by atoms with E-state index in [-0.39, 0.29) is 6.04 Å². The second-order valence-electron chi connectivity index (χ2n) is 4.91. The molecule has 2 rings (SSSR count). The minimum atomic E-state index is 0.182. The van der Waals surface area contributed by atoms with E-state index in [0.29, 0.717) is 6.54 Å². The number of hydrogen-bond donors (Lipinski definition) is 2. The zero-order chi connectivity index (χ0) is 15.1. The summed E-state index contributed by atoms with van der Waals surface area (Å²) in [6.45, 7) is 7.60. The number of guanidine groups is 1. The summed E-state index contributed by atoms with van der Waals surface area (Å²) in [5.41, 5.74) is 3.35. The largest absolute Gasteiger partial charge is 0.364 e. The third kappa shape index (κ3) is 4.34. The normalized spacial score (nSPS) is 13.0. The van der Waals surface area contributed by atoms with Gasteiger partial charge in [0.25, 0.3) is 0 Å². The maximum Gasteiger partial charge on any atom is 0.192 e. The van der Waals surface area contributed by atoms with Crippen molar-refractivity contribution in [3.05, 3.63) is 53.4 Å². The summed E-state index contributed by atoms with van der Waals surface area (Å²) in [6.07, 6.45) is 1.56. The van der Waals surface area contributed by atoms with Crippen LogP contribution in [0.1, 0.15) is 36.7 Å². The van der Waals surface area contributed by atoms with Gasteiger partial charge in [0, 0.05) is 12.6 Å². The summed E-state index contributed by atoms with van der Waals surface area (Å²) in [7, 11) is 0. The van der Waals surface area contributed by atoms with Crippen molar-refractivity contribution in [1.82, 2.24) is 15.8 Å². The van der Waals surface area contributed by atoms with Crippen molar-refractivity contribution < 1.29 is 4.52 Å². The van der Waals surface area contributed by atoms with Crippen LogP contribution in [-0.4, -0.2) is 17.7 Å². The maximum absolute atomic E-state index is 4.81. The van der Waals surface area contributed by atoms with Gasteiger partial charge in [0.15, 0.2) is 5.96 Å². The van der Waals surface area contributed by atoms with E-state index in [1.54, 1.807) is 6.26 Å². The maximum atomic E-state index is 4.81. The fourth-order valence-corrected chi connectivity index (χ4v) is 2.15. The quantitative estimate of drug-likeness (QED) is 0.655. The fraction of sp³-hybridized carbons (Fsp3) is 0.375. The van der Waals surface area contributed by atoms with E-state index in [0.717, 1.165) is 18.2 Å². The molecule has 1 aromatic carbocycles. The number of nitrogens with one attached hydrogen (secondary N) is 2. The summed E-state index contributed by atoms with van der Waals surface area (Å²) < 4.78 is 4.81. The summed E-state index contributed by atoms with van der Waals surface area (Å²) in [5.74, 6) is 0.774. The molecule has 0 saturated heterocycles. The Labute approximate surface area is 125 Å².